The molecule has 3 aromatic carbocycles. The lowest BCUT2D eigenvalue weighted by molar-refractivity contribution is 0.0998. The van der Waals surface area contributed by atoms with Gasteiger partial charge in [0.05, 0.1) is 10.2 Å². The molecule has 3 nitrogen and oxygen atoms in total. The van der Waals surface area contributed by atoms with Gasteiger partial charge >= 0.3 is 0 Å². The number of hydrogen-bond donors (Lipinski definition) is 0. The standard InChI is InChI=1S/C20H15BrN2OS/c1-2-23-17-11-10-13-6-3-4-9-16(13)18(17)25-20(23)22-19(24)14-7-5-8-15(21)12-14/h3-12H,2H2,1H3. The summed E-state index contributed by atoms with van der Waals surface area (Å²) in [5, 5.41) is 2.40. The molecule has 4 rings (SSSR count). The van der Waals surface area contributed by atoms with Crippen molar-refractivity contribution in [3.8, 4) is 0 Å². The van der Waals surface area contributed by atoms with Crippen LogP contribution in [-0.2, 0) is 6.54 Å². The monoisotopic (exact) mass is 410 g/mol. The van der Waals surface area contributed by atoms with Crippen molar-refractivity contribution in [3.63, 3.8) is 0 Å². The summed E-state index contributed by atoms with van der Waals surface area (Å²) in [6, 6.07) is 19.9. The van der Waals surface area contributed by atoms with Crippen LogP contribution < -0.4 is 4.80 Å². The van der Waals surface area contributed by atoms with Gasteiger partial charge in [0.15, 0.2) is 4.80 Å². The molecule has 0 aliphatic carbocycles. The molecule has 124 valence electrons. The zero-order valence-electron chi connectivity index (χ0n) is 13.6. The second-order valence-electron chi connectivity index (χ2n) is 5.69. The third-order valence-corrected chi connectivity index (χ3v) is 5.78. The first-order valence-corrected chi connectivity index (χ1v) is 9.64. The minimum atomic E-state index is -0.223. The highest BCUT2D eigenvalue weighted by Gasteiger charge is 2.10. The van der Waals surface area contributed by atoms with Gasteiger partial charge in [0.2, 0.25) is 0 Å². The van der Waals surface area contributed by atoms with Gasteiger partial charge in [0, 0.05) is 22.0 Å². The van der Waals surface area contributed by atoms with Crippen LogP contribution in [0, 0.1) is 0 Å². The summed E-state index contributed by atoms with van der Waals surface area (Å²) < 4.78 is 4.14. The second kappa shape index (κ2) is 6.58. The first-order chi connectivity index (χ1) is 12.2. The van der Waals surface area contributed by atoms with Crippen molar-refractivity contribution in [2.75, 3.05) is 0 Å². The number of rotatable bonds is 2. The zero-order valence-corrected chi connectivity index (χ0v) is 16.0. The first-order valence-electron chi connectivity index (χ1n) is 8.03. The molecule has 0 aliphatic heterocycles. The Labute approximate surface area is 157 Å². The van der Waals surface area contributed by atoms with Crippen molar-refractivity contribution in [2.24, 2.45) is 4.99 Å². The van der Waals surface area contributed by atoms with Gasteiger partial charge in [-0.2, -0.15) is 4.99 Å². The highest BCUT2D eigenvalue weighted by atomic mass is 79.9. The summed E-state index contributed by atoms with van der Waals surface area (Å²) in [4.78, 5) is 17.7. The summed E-state index contributed by atoms with van der Waals surface area (Å²) in [7, 11) is 0. The molecule has 0 N–H and O–H groups in total. The molecule has 0 bridgehead atoms. The number of nitrogens with zero attached hydrogens (tertiary/aromatic N) is 2. The van der Waals surface area contributed by atoms with Gasteiger partial charge in [-0.1, -0.05) is 63.7 Å². The average Bonchev–Trinajstić information content (AvgIpc) is 2.99. The van der Waals surface area contributed by atoms with Crippen LogP contribution in [-0.4, -0.2) is 10.5 Å². The minimum Gasteiger partial charge on any atom is -0.317 e. The number of benzene rings is 3. The Kier molecular flexibility index (Phi) is 4.27. The van der Waals surface area contributed by atoms with Crippen molar-refractivity contribution in [2.45, 2.75) is 13.5 Å². The second-order valence-corrected chi connectivity index (χ2v) is 7.58. The van der Waals surface area contributed by atoms with Crippen LogP contribution in [0.15, 0.2) is 70.1 Å². The van der Waals surface area contributed by atoms with E-state index in [4.69, 9.17) is 0 Å². The highest BCUT2D eigenvalue weighted by molar-refractivity contribution is 9.10. The number of thiazole rings is 1. The number of carbonyl (C=O) groups excluding carboxylic acids is 1. The molecule has 0 unspecified atom stereocenters. The number of fused-ring (bicyclic) bond motifs is 3. The van der Waals surface area contributed by atoms with Gasteiger partial charge < -0.3 is 4.57 Å². The summed E-state index contributed by atoms with van der Waals surface area (Å²) in [5.41, 5.74) is 1.70. The summed E-state index contributed by atoms with van der Waals surface area (Å²) in [6.07, 6.45) is 0. The molecule has 1 heterocycles. The molecular weight excluding hydrogens is 396 g/mol. The molecule has 5 heteroatoms. The first kappa shape index (κ1) is 16.2. The molecule has 0 saturated heterocycles. The minimum absolute atomic E-state index is 0.223. The fraction of sp³-hybridized carbons (Fsp3) is 0.100. The third kappa shape index (κ3) is 2.94. The Morgan fingerprint density at radius 1 is 1.12 bits per heavy atom. The number of halogens is 1. The van der Waals surface area contributed by atoms with E-state index in [0.29, 0.717) is 5.56 Å². The maximum Gasteiger partial charge on any atom is 0.279 e. The SMILES string of the molecule is CCn1c(=NC(=O)c2cccc(Br)c2)sc2c3ccccc3ccc21. The number of aromatic nitrogens is 1. The average molecular weight is 411 g/mol. The molecule has 0 fully saturated rings. The Morgan fingerprint density at radius 3 is 2.76 bits per heavy atom. The third-order valence-electron chi connectivity index (χ3n) is 4.16. The van der Waals surface area contributed by atoms with E-state index in [9.17, 15) is 4.79 Å². The van der Waals surface area contributed by atoms with Crippen molar-refractivity contribution < 1.29 is 4.79 Å². The van der Waals surface area contributed by atoms with Gasteiger partial charge in [-0.3, -0.25) is 4.79 Å². The molecule has 0 radical (unpaired) electrons. The quantitative estimate of drug-likeness (QED) is 0.436. The van der Waals surface area contributed by atoms with E-state index in [0.717, 1.165) is 21.3 Å². The summed E-state index contributed by atoms with van der Waals surface area (Å²) in [6.45, 7) is 2.84. The van der Waals surface area contributed by atoms with Gasteiger partial charge in [-0.05, 0) is 36.6 Å². The zero-order chi connectivity index (χ0) is 17.4. The maximum atomic E-state index is 12.6. The van der Waals surface area contributed by atoms with Crippen molar-refractivity contribution in [1.82, 2.24) is 4.57 Å². The molecule has 4 aromatic rings. The lowest BCUT2D eigenvalue weighted by atomic mass is 10.1. The van der Waals surface area contributed by atoms with Crippen LogP contribution in [0.5, 0.6) is 0 Å². The Balaban J connectivity index is 1.95. The lowest BCUT2D eigenvalue weighted by Gasteiger charge is -2.02. The molecule has 0 aliphatic rings. The maximum absolute atomic E-state index is 12.6. The molecule has 25 heavy (non-hydrogen) atoms. The van der Waals surface area contributed by atoms with E-state index in [-0.39, 0.29) is 5.91 Å². The topological polar surface area (TPSA) is 34.4 Å². The summed E-state index contributed by atoms with van der Waals surface area (Å²) >= 11 is 4.97. The Hall–Kier alpha value is -2.24. The fourth-order valence-electron chi connectivity index (χ4n) is 2.96. The number of carbonyl (C=O) groups is 1. The lowest BCUT2D eigenvalue weighted by Crippen LogP contribution is -2.15. The number of hydrogen-bond acceptors (Lipinski definition) is 2. The largest absolute Gasteiger partial charge is 0.317 e. The predicted octanol–water partition coefficient (Wildman–Crippen LogP) is 5.38. The molecule has 1 aromatic heterocycles. The van der Waals surface area contributed by atoms with Gasteiger partial charge in [0.1, 0.15) is 0 Å². The summed E-state index contributed by atoms with van der Waals surface area (Å²) in [5.74, 6) is -0.223. The van der Waals surface area contributed by atoms with E-state index in [1.807, 2.05) is 24.3 Å². The smallest absolute Gasteiger partial charge is 0.279 e. The van der Waals surface area contributed by atoms with Crippen LogP contribution >= 0.6 is 27.3 Å². The van der Waals surface area contributed by atoms with Crippen LogP contribution in [0.4, 0.5) is 0 Å². The van der Waals surface area contributed by atoms with E-state index >= 15 is 0 Å². The fourth-order valence-corrected chi connectivity index (χ4v) is 4.59. The Morgan fingerprint density at radius 2 is 1.96 bits per heavy atom. The van der Waals surface area contributed by atoms with Crippen molar-refractivity contribution in [3.05, 3.63) is 75.5 Å². The molecular formula is C20H15BrN2OS. The Bertz CT molecular complexity index is 1170. The van der Waals surface area contributed by atoms with Gasteiger partial charge in [-0.15, -0.1) is 0 Å². The number of amides is 1. The number of aryl methyl sites for hydroxylation is 1. The van der Waals surface area contributed by atoms with E-state index in [1.54, 1.807) is 23.5 Å². The predicted molar refractivity (Wildman–Crippen MR) is 107 cm³/mol. The molecule has 0 saturated carbocycles. The van der Waals surface area contributed by atoms with E-state index in [2.05, 4.69) is 56.7 Å². The van der Waals surface area contributed by atoms with E-state index in [1.165, 1.54) is 15.5 Å². The van der Waals surface area contributed by atoms with Gasteiger partial charge in [0.25, 0.3) is 5.91 Å². The molecule has 1 amide bonds. The van der Waals surface area contributed by atoms with Crippen LogP contribution in [0.2, 0.25) is 0 Å². The van der Waals surface area contributed by atoms with Crippen LogP contribution in [0.25, 0.3) is 21.0 Å². The van der Waals surface area contributed by atoms with E-state index < -0.39 is 0 Å². The highest BCUT2D eigenvalue weighted by Crippen LogP contribution is 2.27. The van der Waals surface area contributed by atoms with Crippen LogP contribution in [0.3, 0.4) is 0 Å². The van der Waals surface area contributed by atoms with Crippen molar-refractivity contribution in [1.29, 1.82) is 0 Å². The van der Waals surface area contributed by atoms with Crippen molar-refractivity contribution >= 4 is 54.2 Å². The van der Waals surface area contributed by atoms with Crippen LogP contribution in [0.1, 0.15) is 17.3 Å². The normalized spacial score (nSPS) is 12.2. The van der Waals surface area contributed by atoms with Gasteiger partial charge in [-0.25, -0.2) is 0 Å². The molecule has 0 atom stereocenters. The molecule has 0 spiro atoms.